The summed E-state index contributed by atoms with van der Waals surface area (Å²) < 4.78 is 9.32. The molecule has 2 rings (SSSR count). The van der Waals surface area contributed by atoms with E-state index < -0.39 is 5.97 Å². The molecular formula is C9H7NO3S. The van der Waals surface area contributed by atoms with Gasteiger partial charge in [0.2, 0.25) is 0 Å². The number of nitrogens with zero attached hydrogens (tertiary/aromatic N) is 1. The number of rotatable bonds is 2. The van der Waals surface area contributed by atoms with E-state index in [0.717, 1.165) is 4.88 Å². The second kappa shape index (κ2) is 3.63. The van der Waals surface area contributed by atoms with Crippen LogP contribution in [0.25, 0.3) is 10.4 Å². The van der Waals surface area contributed by atoms with Crippen LogP contribution in [0.3, 0.4) is 0 Å². The fraction of sp³-hybridized carbons (Fsp3) is 0.111. The van der Waals surface area contributed by atoms with Gasteiger partial charge in [-0.15, -0.1) is 11.3 Å². The first-order chi connectivity index (χ1) is 6.83. The molecule has 72 valence electrons. The van der Waals surface area contributed by atoms with E-state index in [2.05, 4.69) is 9.89 Å². The van der Waals surface area contributed by atoms with Gasteiger partial charge in [0, 0.05) is 4.88 Å². The maximum Gasteiger partial charge on any atom is 0.360 e. The standard InChI is InChI=1S/C9H7NO3S/c1-12-9(11)8-6(5-13-10-8)7-3-2-4-14-7/h2-5H,1H3. The van der Waals surface area contributed by atoms with Gasteiger partial charge in [-0.25, -0.2) is 4.79 Å². The second-order valence-electron chi connectivity index (χ2n) is 2.55. The molecule has 0 saturated carbocycles. The third kappa shape index (κ3) is 1.42. The van der Waals surface area contributed by atoms with Crippen molar-refractivity contribution in [3.05, 3.63) is 29.5 Å². The first kappa shape index (κ1) is 8.96. The van der Waals surface area contributed by atoms with Crippen LogP contribution in [0.1, 0.15) is 10.5 Å². The van der Waals surface area contributed by atoms with Crippen molar-refractivity contribution in [1.29, 1.82) is 0 Å². The highest BCUT2D eigenvalue weighted by molar-refractivity contribution is 7.13. The lowest BCUT2D eigenvalue weighted by molar-refractivity contribution is 0.0590. The van der Waals surface area contributed by atoms with E-state index in [-0.39, 0.29) is 5.69 Å². The van der Waals surface area contributed by atoms with Crippen molar-refractivity contribution in [1.82, 2.24) is 5.16 Å². The highest BCUT2D eigenvalue weighted by Gasteiger charge is 2.18. The van der Waals surface area contributed by atoms with Gasteiger partial charge in [0.25, 0.3) is 0 Å². The molecular weight excluding hydrogens is 202 g/mol. The molecule has 0 bridgehead atoms. The first-order valence-electron chi connectivity index (χ1n) is 3.89. The molecule has 0 aliphatic rings. The predicted octanol–water partition coefficient (Wildman–Crippen LogP) is 2.19. The average molecular weight is 209 g/mol. The van der Waals surface area contributed by atoms with Gasteiger partial charge in [-0.1, -0.05) is 11.2 Å². The van der Waals surface area contributed by atoms with E-state index in [1.54, 1.807) is 0 Å². The molecule has 0 aliphatic carbocycles. The largest absolute Gasteiger partial charge is 0.464 e. The average Bonchev–Trinajstić information content (AvgIpc) is 2.85. The summed E-state index contributed by atoms with van der Waals surface area (Å²) in [5.74, 6) is -0.484. The van der Waals surface area contributed by atoms with Crippen LogP contribution >= 0.6 is 11.3 Å². The van der Waals surface area contributed by atoms with E-state index in [4.69, 9.17) is 4.52 Å². The molecule has 2 heterocycles. The van der Waals surface area contributed by atoms with Gasteiger partial charge in [0.1, 0.15) is 6.26 Å². The van der Waals surface area contributed by atoms with E-state index >= 15 is 0 Å². The summed E-state index contributed by atoms with van der Waals surface area (Å²) >= 11 is 1.51. The summed E-state index contributed by atoms with van der Waals surface area (Å²) in [6.45, 7) is 0. The summed E-state index contributed by atoms with van der Waals surface area (Å²) in [7, 11) is 1.31. The molecule has 0 atom stereocenters. The fourth-order valence-corrected chi connectivity index (χ4v) is 1.82. The van der Waals surface area contributed by atoms with E-state index in [0.29, 0.717) is 5.56 Å². The maximum atomic E-state index is 11.3. The number of hydrogen-bond donors (Lipinski definition) is 0. The molecule has 0 aromatic carbocycles. The molecule has 0 fully saturated rings. The summed E-state index contributed by atoms with van der Waals surface area (Å²) in [5, 5.41) is 5.52. The SMILES string of the molecule is COC(=O)c1nocc1-c1cccs1. The quantitative estimate of drug-likeness (QED) is 0.711. The van der Waals surface area contributed by atoms with Crippen molar-refractivity contribution < 1.29 is 14.1 Å². The number of thiophene rings is 1. The molecule has 14 heavy (non-hydrogen) atoms. The molecule has 0 amide bonds. The van der Waals surface area contributed by atoms with Gasteiger partial charge in [-0.2, -0.15) is 0 Å². The monoisotopic (exact) mass is 209 g/mol. The lowest BCUT2D eigenvalue weighted by Gasteiger charge is -1.95. The van der Waals surface area contributed by atoms with Gasteiger partial charge in [0.15, 0.2) is 5.69 Å². The van der Waals surface area contributed by atoms with Crippen LogP contribution in [0.5, 0.6) is 0 Å². The van der Waals surface area contributed by atoms with Crippen LogP contribution in [0.4, 0.5) is 0 Å². The number of hydrogen-bond acceptors (Lipinski definition) is 5. The highest BCUT2D eigenvalue weighted by atomic mass is 32.1. The Balaban J connectivity index is 2.45. The Hall–Kier alpha value is -1.62. The molecule has 0 spiro atoms. The zero-order chi connectivity index (χ0) is 9.97. The summed E-state index contributed by atoms with van der Waals surface area (Å²) in [4.78, 5) is 12.2. The number of ether oxygens (including phenoxy) is 1. The Morgan fingerprint density at radius 3 is 3.14 bits per heavy atom. The minimum absolute atomic E-state index is 0.218. The van der Waals surface area contributed by atoms with Crippen molar-refractivity contribution in [3.63, 3.8) is 0 Å². The van der Waals surface area contributed by atoms with Crippen molar-refractivity contribution in [2.75, 3.05) is 7.11 Å². The van der Waals surface area contributed by atoms with Crippen LogP contribution < -0.4 is 0 Å². The molecule has 5 heteroatoms. The molecule has 0 radical (unpaired) electrons. The Morgan fingerprint density at radius 1 is 1.64 bits per heavy atom. The second-order valence-corrected chi connectivity index (χ2v) is 3.49. The molecule has 2 aromatic heterocycles. The van der Waals surface area contributed by atoms with Crippen LogP contribution in [-0.2, 0) is 4.74 Å². The smallest absolute Gasteiger partial charge is 0.360 e. The van der Waals surface area contributed by atoms with Crippen LogP contribution in [0.15, 0.2) is 28.3 Å². The Labute approximate surface area is 84.1 Å². The summed E-state index contributed by atoms with van der Waals surface area (Å²) in [6.07, 6.45) is 1.44. The fourth-order valence-electron chi connectivity index (χ4n) is 1.09. The van der Waals surface area contributed by atoms with Gasteiger partial charge in [-0.3, -0.25) is 0 Å². The minimum atomic E-state index is -0.484. The van der Waals surface area contributed by atoms with Crippen molar-refractivity contribution >= 4 is 17.3 Å². The zero-order valence-electron chi connectivity index (χ0n) is 7.39. The number of carbonyl (C=O) groups is 1. The lowest BCUT2D eigenvalue weighted by atomic mass is 10.2. The van der Waals surface area contributed by atoms with Crippen molar-refractivity contribution in [2.24, 2.45) is 0 Å². The minimum Gasteiger partial charge on any atom is -0.464 e. The third-order valence-corrected chi connectivity index (χ3v) is 2.64. The lowest BCUT2D eigenvalue weighted by Crippen LogP contribution is -2.02. The summed E-state index contributed by atoms with van der Waals surface area (Å²) in [6, 6.07) is 3.79. The Kier molecular flexibility index (Phi) is 2.32. The van der Waals surface area contributed by atoms with Gasteiger partial charge in [-0.05, 0) is 11.4 Å². The number of carbonyl (C=O) groups excluding carboxylic acids is 1. The Morgan fingerprint density at radius 2 is 2.50 bits per heavy atom. The normalized spacial score (nSPS) is 10.1. The molecule has 4 nitrogen and oxygen atoms in total. The topological polar surface area (TPSA) is 52.3 Å². The number of methoxy groups -OCH3 is 1. The summed E-state index contributed by atoms with van der Waals surface area (Å²) in [5.41, 5.74) is 0.891. The van der Waals surface area contributed by atoms with Crippen LogP contribution in [0, 0.1) is 0 Å². The molecule has 0 unspecified atom stereocenters. The van der Waals surface area contributed by atoms with Crippen LogP contribution in [0.2, 0.25) is 0 Å². The molecule has 0 saturated heterocycles. The Bertz CT molecular complexity index is 433. The van der Waals surface area contributed by atoms with Gasteiger partial charge in [0.05, 0.1) is 12.7 Å². The van der Waals surface area contributed by atoms with Gasteiger partial charge >= 0.3 is 5.97 Å². The molecule has 0 N–H and O–H groups in total. The number of aromatic nitrogens is 1. The van der Waals surface area contributed by atoms with Crippen LogP contribution in [-0.4, -0.2) is 18.2 Å². The first-order valence-corrected chi connectivity index (χ1v) is 4.77. The zero-order valence-corrected chi connectivity index (χ0v) is 8.21. The third-order valence-electron chi connectivity index (χ3n) is 1.74. The number of esters is 1. The maximum absolute atomic E-state index is 11.3. The highest BCUT2D eigenvalue weighted by Crippen LogP contribution is 2.27. The van der Waals surface area contributed by atoms with Gasteiger partial charge < -0.3 is 9.26 Å². The molecule has 2 aromatic rings. The van der Waals surface area contributed by atoms with Crippen molar-refractivity contribution in [2.45, 2.75) is 0 Å². The van der Waals surface area contributed by atoms with E-state index in [1.807, 2.05) is 17.5 Å². The van der Waals surface area contributed by atoms with E-state index in [1.165, 1.54) is 24.7 Å². The predicted molar refractivity (Wildman–Crippen MR) is 51.2 cm³/mol. The molecule has 0 aliphatic heterocycles. The van der Waals surface area contributed by atoms with E-state index in [9.17, 15) is 4.79 Å². The van der Waals surface area contributed by atoms with Crippen molar-refractivity contribution in [3.8, 4) is 10.4 Å².